The van der Waals surface area contributed by atoms with Gasteiger partial charge in [-0.2, -0.15) is 0 Å². The summed E-state index contributed by atoms with van der Waals surface area (Å²) in [7, 11) is -0.320. The van der Waals surface area contributed by atoms with Crippen LogP contribution in [0.5, 0.6) is 0 Å². The van der Waals surface area contributed by atoms with Gasteiger partial charge in [0.15, 0.2) is 8.32 Å². The third-order valence-electron chi connectivity index (χ3n) is 2.64. The molecular formula is C14H22O3Si. The van der Waals surface area contributed by atoms with E-state index in [0.717, 1.165) is 5.56 Å². The first-order chi connectivity index (χ1) is 8.35. The van der Waals surface area contributed by atoms with Crippen molar-refractivity contribution in [2.45, 2.75) is 32.7 Å². The predicted molar refractivity (Wildman–Crippen MR) is 74.8 cm³/mol. The van der Waals surface area contributed by atoms with Crippen LogP contribution < -0.4 is 0 Å². The van der Waals surface area contributed by atoms with Gasteiger partial charge in [0, 0.05) is 0 Å². The summed E-state index contributed by atoms with van der Waals surface area (Å²) in [6.07, 6.45) is -0.231. The molecule has 0 spiro atoms. The van der Waals surface area contributed by atoms with Crippen LogP contribution in [0.25, 0.3) is 0 Å². The van der Waals surface area contributed by atoms with Crippen molar-refractivity contribution >= 4 is 14.3 Å². The Hall–Kier alpha value is -1.13. The van der Waals surface area contributed by atoms with Crippen LogP contribution in [0.4, 0.5) is 0 Å². The van der Waals surface area contributed by atoms with Gasteiger partial charge in [-0.25, -0.2) is 0 Å². The molecule has 0 fully saturated rings. The molecule has 0 aromatic heterocycles. The van der Waals surface area contributed by atoms with Gasteiger partial charge < -0.3 is 9.16 Å². The van der Waals surface area contributed by atoms with E-state index < -0.39 is 8.32 Å². The van der Waals surface area contributed by atoms with E-state index in [0.29, 0.717) is 0 Å². The molecule has 1 aromatic rings. The summed E-state index contributed by atoms with van der Waals surface area (Å²) in [6, 6.07) is 9.85. The summed E-state index contributed by atoms with van der Waals surface area (Å²) in [4.78, 5) is 11.7. The van der Waals surface area contributed by atoms with Crippen LogP contribution in [-0.2, 0) is 14.0 Å². The molecule has 0 saturated heterocycles. The minimum absolute atomic E-state index is 0.231. The summed E-state index contributed by atoms with van der Waals surface area (Å²) in [5.74, 6) is -0.536. The van der Waals surface area contributed by atoms with Gasteiger partial charge in [0.2, 0.25) is 0 Å². The van der Waals surface area contributed by atoms with Crippen molar-refractivity contribution in [2.24, 2.45) is 5.92 Å². The Balaban J connectivity index is 2.99. The number of carbonyl (C=O) groups excluding carboxylic acids is 1. The van der Waals surface area contributed by atoms with Crippen molar-refractivity contribution in [1.29, 1.82) is 0 Å². The Morgan fingerprint density at radius 1 is 1.17 bits per heavy atom. The third kappa shape index (κ3) is 4.27. The molecular weight excluding hydrogens is 244 g/mol. The first-order valence-corrected chi connectivity index (χ1v) is 9.56. The second-order valence-electron chi connectivity index (χ2n) is 5.37. The van der Waals surface area contributed by atoms with Crippen LogP contribution in [0, 0.1) is 5.92 Å². The van der Waals surface area contributed by atoms with E-state index in [4.69, 9.17) is 9.16 Å². The van der Waals surface area contributed by atoms with Gasteiger partial charge in [-0.05, 0) is 32.1 Å². The number of methoxy groups -OCH3 is 1. The van der Waals surface area contributed by atoms with E-state index in [-0.39, 0.29) is 18.0 Å². The van der Waals surface area contributed by atoms with Crippen LogP contribution in [0.15, 0.2) is 30.3 Å². The van der Waals surface area contributed by atoms with Crippen molar-refractivity contribution in [3.05, 3.63) is 35.9 Å². The largest absolute Gasteiger partial charge is 0.469 e. The number of ether oxygens (including phenoxy) is 1. The van der Waals surface area contributed by atoms with E-state index in [2.05, 4.69) is 19.6 Å². The van der Waals surface area contributed by atoms with Crippen LogP contribution >= 0.6 is 0 Å². The second-order valence-corrected chi connectivity index (χ2v) is 9.83. The highest BCUT2D eigenvalue weighted by molar-refractivity contribution is 6.69. The molecule has 0 bridgehead atoms. The average molecular weight is 266 g/mol. The summed E-state index contributed by atoms with van der Waals surface area (Å²) < 4.78 is 11.0. The van der Waals surface area contributed by atoms with Crippen molar-refractivity contribution in [3.8, 4) is 0 Å². The number of rotatable bonds is 5. The SMILES string of the molecule is COC(=O)[C@H](C)[C@@H](O[Si](C)(C)C)c1ccccc1. The number of carbonyl (C=O) groups is 1. The molecule has 0 aliphatic rings. The van der Waals surface area contributed by atoms with Crippen LogP contribution in [0.3, 0.4) is 0 Å². The fraction of sp³-hybridized carbons (Fsp3) is 0.500. The molecule has 0 heterocycles. The number of benzene rings is 1. The lowest BCUT2D eigenvalue weighted by Gasteiger charge is -2.30. The van der Waals surface area contributed by atoms with Gasteiger partial charge in [-0.1, -0.05) is 30.3 Å². The van der Waals surface area contributed by atoms with Gasteiger partial charge in [0.1, 0.15) is 0 Å². The van der Waals surface area contributed by atoms with Crippen molar-refractivity contribution in [2.75, 3.05) is 7.11 Å². The van der Waals surface area contributed by atoms with E-state index in [1.165, 1.54) is 7.11 Å². The van der Waals surface area contributed by atoms with Crippen LogP contribution in [0.2, 0.25) is 19.6 Å². The lowest BCUT2D eigenvalue weighted by atomic mass is 9.98. The van der Waals surface area contributed by atoms with Gasteiger partial charge in [-0.15, -0.1) is 0 Å². The zero-order valence-corrected chi connectivity index (χ0v) is 12.8. The molecule has 1 rings (SSSR count). The minimum Gasteiger partial charge on any atom is -0.469 e. The molecule has 3 nitrogen and oxygen atoms in total. The topological polar surface area (TPSA) is 35.5 Å². The zero-order chi connectivity index (χ0) is 13.8. The summed E-state index contributed by atoms with van der Waals surface area (Å²) >= 11 is 0. The van der Waals surface area contributed by atoms with Gasteiger partial charge in [0.25, 0.3) is 0 Å². The molecule has 0 aliphatic heterocycles. The molecule has 0 saturated carbocycles. The Labute approximate surface area is 110 Å². The third-order valence-corrected chi connectivity index (χ3v) is 3.60. The van der Waals surface area contributed by atoms with Gasteiger partial charge in [-0.3, -0.25) is 4.79 Å². The molecule has 0 aliphatic carbocycles. The maximum Gasteiger partial charge on any atom is 0.311 e. The Morgan fingerprint density at radius 2 is 1.72 bits per heavy atom. The quantitative estimate of drug-likeness (QED) is 0.605. The second kappa shape index (κ2) is 6.16. The lowest BCUT2D eigenvalue weighted by Crippen LogP contribution is -2.33. The van der Waals surface area contributed by atoms with E-state index in [9.17, 15) is 4.79 Å². The molecule has 0 N–H and O–H groups in total. The highest BCUT2D eigenvalue weighted by Crippen LogP contribution is 2.30. The van der Waals surface area contributed by atoms with Crippen LogP contribution in [-0.4, -0.2) is 21.4 Å². The monoisotopic (exact) mass is 266 g/mol. The van der Waals surface area contributed by atoms with E-state index >= 15 is 0 Å². The first-order valence-electron chi connectivity index (χ1n) is 6.16. The highest BCUT2D eigenvalue weighted by atomic mass is 28.4. The number of esters is 1. The summed E-state index contributed by atoms with van der Waals surface area (Å²) in [6.45, 7) is 8.20. The summed E-state index contributed by atoms with van der Waals surface area (Å²) in [5, 5.41) is 0. The summed E-state index contributed by atoms with van der Waals surface area (Å²) in [5.41, 5.74) is 1.03. The molecule has 0 radical (unpaired) electrons. The Kier molecular flexibility index (Phi) is 5.11. The maximum atomic E-state index is 11.7. The molecule has 100 valence electrons. The molecule has 18 heavy (non-hydrogen) atoms. The average Bonchev–Trinajstić information content (AvgIpc) is 2.34. The van der Waals surface area contributed by atoms with Crippen molar-refractivity contribution in [1.82, 2.24) is 0 Å². The smallest absolute Gasteiger partial charge is 0.311 e. The molecule has 4 heteroatoms. The van der Waals surface area contributed by atoms with Gasteiger partial charge in [0.05, 0.1) is 19.1 Å². The zero-order valence-electron chi connectivity index (χ0n) is 11.8. The standard InChI is InChI=1S/C14H22O3Si/c1-11(14(15)16-2)13(17-18(3,4)5)12-9-7-6-8-10-12/h6-11,13H,1-5H3/t11-,13-/m1/s1. The molecule has 0 amide bonds. The number of hydrogen-bond acceptors (Lipinski definition) is 3. The molecule has 1 aromatic carbocycles. The van der Waals surface area contributed by atoms with Crippen molar-refractivity contribution in [3.63, 3.8) is 0 Å². The molecule has 2 atom stereocenters. The van der Waals surface area contributed by atoms with E-state index in [1.54, 1.807) is 0 Å². The Morgan fingerprint density at radius 3 is 2.17 bits per heavy atom. The van der Waals surface area contributed by atoms with Gasteiger partial charge >= 0.3 is 5.97 Å². The normalized spacial score (nSPS) is 14.9. The maximum absolute atomic E-state index is 11.7. The van der Waals surface area contributed by atoms with Crippen LogP contribution in [0.1, 0.15) is 18.6 Å². The van der Waals surface area contributed by atoms with E-state index in [1.807, 2.05) is 37.3 Å². The fourth-order valence-electron chi connectivity index (χ4n) is 1.79. The Bertz CT molecular complexity index is 384. The predicted octanol–water partition coefficient (Wildman–Crippen LogP) is 3.39. The number of hydrogen-bond donors (Lipinski definition) is 0. The van der Waals surface area contributed by atoms with Crippen molar-refractivity contribution < 1.29 is 14.0 Å². The fourth-order valence-corrected chi connectivity index (χ4v) is 2.89. The lowest BCUT2D eigenvalue weighted by molar-refractivity contribution is -0.148. The minimum atomic E-state index is -1.73. The highest BCUT2D eigenvalue weighted by Gasteiger charge is 2.31. The molecule has 0 unspecified atom stereocenters. The first kappa shape index (κ1) is 14.9.